The summed E-state index contributed by atoms with van der Waals surface area (Å²) in [4.78, 5) is 28.5. The maximum Gasteiger partial charge on any atom is 0.228 e. The fourth-order valence-corrected chi connectivity index (χ4v) is 3.09. The first kappa shape index (κ1) is 18.0. The standard InChI is InChI=1S/C20H26N2O2/c1-4-12-21-15-18(10-11-19(21)23)20(24)22(13-5-2)14-17-9-7-6-8-16(17)3/h4-9,18H,1-2,10-15H2,3H3/t18-/m0/s1. The van der Waals surface area contributed by atoms with Crippen molar-refractivity contribution >= 4 is 11.8 Å². The number of hydrogen-bond acceptors (Lipinski definition) is 2. The predicted molar refractivity (Wildman–Crippen MR) is 96.3 cm³/mol. The summed E-state index contributed by atoms with van der Waals surface area (Å²) in [5, 5.41) is 0. The normalized spacial score (nSPS) is 17.5. The number of benzene rings is 1. The molecule has 1 aromatic carbocycles. The van der Waals surface area contributed by atoms with Crippen molar-refractivity contribution in [3.8, 4) is 0 Å². The van der Waals surface area contributed by atoms with Crippen LogP contribution in [0.25, 0.3) is 0 Å². The van der Waals surface area contributed by atoms with Gasteiger partial charge in [0.05, 0.1) is 5.92 Å². The summed E-state index contributed by atoms with van der Waals surface area (Å²) in [7, 11) is 0. The molecule has 1 fully saturated rings. The number of aryl methyl sites for hydroxylation is 1. The molecular formula is C20H26N2O2. The van der Waals surface area contributed by atoms with Crippen LogP contribution in [0.3, 0.4) is 0 Å². The Kier molecular flexibility index (Phi) is 6.36. The molecule has 1 atom stereocenters. The van der Waals surface area contributed by atoms with Crippen molar-refractivity contribution in [2.45, 2.75) is 26.3 Å². The molecule has 0 bridgehead atoms. The van der Waals surface area contributed by atoms with Gasteiger partial charge in [0, 0.05) is 32.6 Å². The molecular weight excluding hydrogens is 300 g/mol. The van der Waals surface area contributed by atoms with Crippen LogP contribution in [0.1, 0.15) is 24.0 Å². The first-order chi connectivity index (χ1) is 11.6. The lowest BCUT2D eigenvalue weighted by atomic mass is 9.95. The van der Waals surface area contributed by atoms with Crippen LogP contribution in [-0.2, 0) is 16.1 Å². The first-order valence-electron chi connectivity index (χ1n) is 8.39. The summed E-state index contributed by atoms with van der Waals surface area (Å²) in [5.41, 5.74) is 2.31. The quantitative estimate of drug-likeness (QED) is 0.723. The van der Waals surface area contributed by atoms with Gasteiger partial charge in [0.25, 0.3) is 0 Å². The van der Waals surface area contributed by atoms with E-state index in [4.69, 9.17) is 0 Å². The summed E-state index contributed by atoms with van der Waals surface area (Å²) >= 11 is 0. The number of piperidine rings is 1. The Hall–Kier alpha value is -2.36. The van der Waals surface area contributed by atoms with Crippen LogP contribution in [0.4, 0.5) is 0 Å². The average molecular weight is 326 g/mol. The van der Waals surface area contributed by atoms with Crippen LogP contribution in [0.2, 0.25) is 0 Å². The molecule has 4 heteroatoms. The fourth-order valence-electron chi connectivity index (χ4n) is 3.09. The first-order valence-corrected chi connectivity index (χ1v) is 8.39. The van der Waals surface area contributed by atoms with Gasteiger partial charge in [0.2, 0.25) is 11.8 Å². The van der Waals surface area contributed by atoms with Gasteiger partial charge in [-0.3, -0.25) is 9.59 Å². The van der Waals surface area contributed by atoms with Gasteiger partial charge in [-0.15, -0.1) is 13.2 Å². The second kappa shape index (κ2) is 8.48. The van der Waals surface area contributed by atoms with Crippen molar-refractivity contribution in [2.75, 3.05) is 19.6 Å². The number of hydrogen-bond donors (Lipinski definition) is 0. The highest BCUT2D eigenvalue weighted by Gasteiger charge is 2.32. The van der Waals surface area contributed by atoms with Crippen molar-refractivity contribution in [1.29, 1.82) is 0 Å². The van der Waals surface area contributed by atoms with Crippen molar-refractivity contribution in [3.05, 3.63) is 60.7 Å². The van der Waals surface area contributed by atoms with Crippen LogP contribution in [-0.4, -0.2) is 41.2 Å². The van der Waals surface area contributed by atoms with Crippen molar-refractivity contribution < 1.29 is 9.59 Å². The molecule has 0 unspecified atom stereocenters. The Bertz CT molecular complexity index is 624. The largest absolute Gasteiger partial charge is 0.338 e. The number of amides is 2. The Morgan fingerprint density at radius 1 is 1.33 bits per heavy atom. The smallest absolute Gasteiger partial charge is 0.228 e. The van der Waals surface area contributed by atoms with Crippen LogP contribution in [0.15, 0.2) is 49.6 Å². The third-order valence-electron chi connectivity index (χ3n) is 4.48. The van der Waals surface area contributed by atoms with Gasteiger partial charge < -0.3 is 9.80 Å². The van der Waals surface area contributed by atoms with E-state index in [0.717, 1.165) is 5.56 Å². The summed E-state index contributed by atoms with van der Waals surface area (Å²) in [6, 6.07) is 8.09. The number of likely N-dealkylation sites (tertiary alicyclic amines) is 1. The molecule has 24 heavy (non-hydrogen) atoms. The number of rotatable bonds is 7. The van der Waals surface area contributed by atoms with E-state index in [9.17, 15) is 9.59 Å². The topological polar surface area (TPSA) is 40.6 Å². The lowest BCUT2D eigenvalue weighted by Crippen LogP contribution is -2.47. The van der Waals surface area contributed by atoms with Crippen LogP contribution < -0.4 is 0 Å². The second-order valence-electron chi connectivity index (χ2n) is 6.26. The van der Waals surface area contributed by atoms with Gasteiger partial charge in [-0.1, -0.05) is 36.4 Å². The number of carbonyl (C=O) groups is 2. The third kappa shape index (κ3) is 4.34. The molecule has 1 heterocycles. The minimum absolute atomic E-state index is 0.0970. The van der Waals surface area contributed by atoms with Crippen LogP contribution in [0.5, 0.6) is 0 Å². The molecule has 0 radical (unpaired) electrons. The Morgan fingerprint density at radius 3 is 2.75 bits per heavy atom. The molecule has 1 saturated heterocycles. The molecule has 0 spiro atoms. The van der Waals surface area contributed by atoms with Crippen LogP contribution >= 0.6 is 0 Å². The maximum atomic E-state index is 13.0. The molecule has 0 saturated carbocycles. The highest BCUT2D eigenvalue weighted by molar-refractivity contribution is 5.84. The molecule has 0 N–H and O–H groups in total. The van der Waals surface area contributed by atoms with Gasteiger partial charge in [-0.2, -0.15) is 0 Å². The van der Waals surface area contributed by atoms with E-state index in [0.29, 0.717) is 39.0 Å². The van der Waals surface area contributed by atoms with Gasteiger partial charge in [-0.05, 0) is 24.5 Å². The Balaban J connectivity index is 2.11. The highest BCUT2D eigenvalue weighted by Crippen LogP contribution is 2.21. The summed E-state index contributed by atoms with van der Waals surface area (Å²) in [6.45, 7) is 11.6. The molecule has 1 aliphatic rings. The number of carbonyl (C=O) groups excluding carboxylic acids is 2. The molecule has 1 aromatic rings. The lowest BCUT2D eigenvalue weighted by molar-refractivity contribution is -0.142. The Morgan fingerprint density at radius 2 is 2.08 bits per heavy atom. The van der Waals surface area contributed by atoms with E-state index in [1.54, 1.807) is 17.1 Å². The van der Waals surface area contributed by atoms with Gasteiger partial charge in [-0.25, -0.2) is 0 Å². The Labute approximate surface area is 144 Å². The zero-order chi connectivity index (χ0) is 17.5. The zero-order valence-corrected chi connectivity index (χ0v) is 14.4. The number of nitrogens with zero attached hydrogens (tertiary/aromatic N) is 2. The minimum Gasteiger partial charge on any atom is -0.338 e. The van der Waals surface area contributed by atoms with E-state index < -0.39 is 0 Å². The van der Waals surface area contributed by atoms with Crippen molar-refractivity contribution in [2.24, 2.45) is 5.92 Å². The maximum absolute atomic E-state index is 13.0. The second-order valence-corrected chi connectivity index (χ2v) is 6.26. The van der Waals surface area contributed by atoms with E-state index >= 15 is 0 Å². The summed E-state index contributed by atoms with van der Waals surface area (Å²) < 4.78 is 0. The van der Waals surface area contributed by atoms with E-state index in [1.165, 1.54) is 5.56 Å². The van der Waals surface area contributed by atoms with Gasteiger partial charge in [0.15, 0.2) is 0 Å². The molecule has 0 aliphatic carbocycles. The zero-order valence-electron chi connectivity index (χ0n) is 14.4. The molecule has 2 amide bonds. The minimum atomic E-state index is -0.147. The molecule has 128 valence electrons. The molecule has 4 nitrogen and oxygen atoms in total. The van der Waals surface area contributed by atoms with Crippen LogP contribution in [0, 0.1) is 12.8 Å². The van der Waals surface area contributed by atoms with Gasteiger partial charge >= 0.3 is 0 Å². The van der Waals surface area contributed by atoms with Crippen molar-refractivity contribution in [1.82, 2.24) is 9.80 Å². The van der Waals surface area contributed by atoms with Crippen molar-refractivity contribution in [3.63, 3.8) is 0 Å². The van der Waals surface area contributed by atoms with Gasteiger partial charge in [0.1, 0.15) is 0 Å². The monoisotopic (exact) mass is 326 g/mol. The van der Waals surface area contributed by atoms with E-state index in [1.807, 2.05) is 23.1 Å². The summed E-state index contributed by atoms with van der Waals surface area (Å²) in [5.74, 6) is 0.0551. The van der Waals surface area contributed by atoms with E-state index in [2.05, 4.69) is 26.1 Å². The molecule has 0 aromatic heterocycles. The lowest BCUT2D eigenvalue weighted by Gasteiger charge is -2.34. The molecule has 2 rings (SSSR count). The summed E-state index contributed by atoms with van der Waals surface area (Å²) in [6.07, 6.45) is 4.51. The average Bonchev–Trinajstić information content (AvgIpc) is 2.58. The molecule has 1 aliphatic heterocycles. The predicted octanol–water partition coefficient (Wildman–Crippen LogP) is 2.93. The van der Waals surface area contributed by atoms with E-state index in [-0.39, 0.29) is 17.7 Å². The SMILES string of the molecule is C=CCN1C[C@@H](C(=O)N(CC=C)Cc2ccccc2C)CCC1=O. The fraction of sp³-hybridized carbons (Fsp3) is 0.400. The third-order valence-corrected chi connectivity index (χ3v) is 4.48. The highest BCUT2D eigenvalue weighted by atomic mass is 16.2.